The molecule has 27 heavy (non-hydrogen) atoms. The summed E-state index contributed by atoms with van der Waals surface area (Å²) in [7, 11) is 0. The van der Waals surface area contributed by atoms with Gasteiger partial charge in [0.25, 0.3) is 5.91 Å². The van der Waals surface area contributed by atoms with Crippen molar-refractivity contribution in [2.24, 2.45) is 0 Å². The van der Waals surface area contributed by atoms with Gasteiger partial charge in [0, 0.05) is 24.7 Å². The van der Waals surface area contributed by atoms with Crippen LogP contribution in [-0.4, -0.2) is 29.9 Å². The van der Waals surface area contributed by atoms with E-state index in [1.807, 2.05) is 61.5 Å². The van der Waals surface area contributed by atoms with E-state index in [2.05, 4.69) is 0 Å². The lowest BCUT2D eigenvalue weighted by Crippen LogP contribution is -2.40. The van der Waals surface area contributed by atoms with Crippen LogP contribution in [0.15, 0.2) is 60.7 Å². The van der Waals surface area contributed by atoms with Crippen molar-refractivity contribution in [1.82, 2.24) is 4.90 Å². The number of carbonyl (C=O) groups is 2. The molecule has 3 rings (SSSR count). The van der Waals surface area contributed by atoms with Gasteiger partial charge in [0.05, 0.1) is 0 Å². The summed E-state index contributed by atoms with van der Waals surface area (Å²) in [6, 6.07) is 17.1. The normalized spacial score (nSPS) is 15.5. The van der Waals surface area contributed by atoms with Gasteiger partial charge in [-0.05, 0) is 37.8 Å². The Morgan fingerprint density at radius 3 is 2.30 bits per heavy atom. The number of hydrogen-bond donors (Lipinski definition) is 0. The average molecular weight is 363 g/mol. The number of nitrogens with zero attached hydrogens (tertiary/aromatic N) is 1. The highest BCUT2D eigenvalue weighted by atomic mass is 16.5. The maximum Gasteiger partial charge on any atom is 0.331 e. The average Bonchev–Trinajstić information content (AvgIpc) is 2.72. The highest BCUT2D eigenvalue weighted by Gasteiger charge is 2.29. The van der Waals surface area contributed by atoms with Crippen molar-refractivity contribution in [3.63, 3.8) is 0 Å². The lowest BCUT2D eigenvalue weighted by atomic mass is 10.1. The van der Waals surface area contributed by atoms with Crippen molar-refractivity contribution in [3.05, 3.63) is 77.4 Å². The first-order chi connectivity index (χ1) is 13.1. The van der Waals surface area contributed by atoms with Crippen LogP contribution in [0.2, 0.25) is 0 Å². The molecule has 0 radical (unpaired) electrons. The van der Waals surface area contributed by atoms with E-state index in [0.29, 0.717) is 5.56 Å². The molecule has 0 unspecified atom stereocenters. The quantitative estimate of drug-likeness (QED) is 0.588. The Morgan fingerprint density at radius 2 is 1.63 bits per heavy atom. The molecule has 0 aromatic heterocycles. The van der Waals surface area contributed by atoms with E-state index < -0.39 is 12.1 Å². The van der Waals surface area contributed by atoms with E-state index in [-0.39, 0.29) is 5.91 Å². The Balaban J connectivity index is 1.73. The number of carbonyl (C=O) groups excluding carboxylic acids is 2. The summed E-state index contributed by atoms with van der Waals surface area (Å²) < 4.78 is 5.58. The van der Waals surface area contributed by atoms with Crippen molar-refractivity contribution in [1.29, 1.82) is 0 Å². The molecule has 2 aromatic carbocycles. The lowest BCUT2D eigenvalue weighted by molar-refractivity contribution is -0.157. The molecular formula is C23H25NO3. The predicted octanol–water partition coefficient (Wildman–Crippen LogP) is 4.31. The van der Waals surface area contributed by atoms with Crippen LogP contribution in [0.4, 0.5) is 0 Å². The number of hydrogen-bond acceptors (Lipinski definition) is 3. The first kappa shape index (κ1) is 18.9. The largest absolute Gasteiger partial charge is 0.444 e. The molecule has 4 nitrogen and oxygen atoms in total. The molecule has 1 amide bonds. The first-order valence-corrected chi connectivity index (χ1v) is 9.42. The Bertz CT molecular complexity index is 790. The molecule has 1 aliphatic rings. The number of rotatable bonds is 5. The molecule has 1 heterocycles. The minimum atomic E-state index is -0.903. The van der Waals surface area contributed by atoms with Gasteiger partial charge in [-0.15, -0.1) is 0 Å². The summed E-state index contributed by atoms with van der Waals surface area (Å²) in [5.74, 6) is -0.659. The van der Waals surface area contributed by atoms with Crippen LogP contribution in [-0.2, 0) is 14.3 Å². The predicted molar refractivity (Wildman–Crippen MR) is 106 cm³/mol. The molecule has 0 bridgehead atoms. The SMILES string of the molecule is Cc1ccc(/C=C/C(=O)O[C@H](C(=O)N2CCCCC2)c2ccccc2)cc1. The molecule has 1 saturated heterocycles. The Labute approximate surface area is 160 Å². The zero-order valence-corrected chi connectivity index (χ0v) is 15.6. The number of ether oxygens (including phenoxy) is 1. The van der Waals surface area contributed by atoms with E-state index in [1.165, 1.54) is 6.08 Å². The highest BCUT2D eigenvalue weighted by molar-refractivity contribution is 5.91. The second kappa shape index (κ2) is 9.17. The van der Waals surface area contributed by atoms with Gasteiger partial charge in [-0.25, -0.2) is 4.79 Å². The van der Waals surface area contributed by atoms with Crippen molar-refractivity contribution in [3.8, 4) is 0 Å². The van der Waals surface area contributed by atoms with E-state index in [1.54, 1.807) is 11.0 Å². The number of likely N-dealkylation sites (tertiary alicyclic amines) is 1. The molecule has 0 N–H and O–H groups in total. The second-order valence-corrected chi connectivity index (χ2v) is 6.86. The lowest BCUT2D eigenvalue weighted by Gasteiger charge is -2.30. The van der Waals surface area contributed by atoms with Gasteiger partial charge < -0.3 is 9.64 Å². The molecule has 0 aliphatic carbocycles. The van der Waals surface area contributed by atoms with Crippen molar-refractivity contribution >= 4 is 18.0 Å². The van der Waals surface area contributed by atoms with E-state index in [9.17, 15) is 9.59 Å². The number of benzene rings is 2. The van der Waals surface area contributed by atoms with Gasteiger partial charge in [-0.3, -0.25) is 4.79 Å². The molecule has 0 saturated carbocycles. The van der Waals surface area contributed by atoms with Gasteiger partial charge in [-0.1, -0.05) is 60.2 Å². The molecule has 0 spiro atoms. The van der Waals surface area contributed by atoms with Crippen LogP contribution in [0.3, 0.4) is 0 Å². The number of piperidine rings is 1. The van der Waals surface area contributed by atoms with Crippen LogP contribution >= 0.6 is 0 Å². The summed E-state index contributed by atoms with van der Waals surface area (Å²) in [5, 5.41) is 0. The summed E-state index contributed by atoms with van der Waals surface area (Å²) in [4.78, 5) is 27.1. The Morgan fingerprint density at radius 1 is 0.963 bits per heavy atom. The molecule has 4 heteroatoms. The maximum absolute atomic E-state index is 13.0. The van der Waals surface area contributed by atoms with Crippen LogP contribution in [0.5, 0.6) is 0 Å². The van der Waals surface area contributed by atoms with E-state index in [4.69, 9.17) is 4.74 Å². The zero-order chi connectivity index (χ0) is 19.1. The third-order valence-electron chi connectivity index (χ3n) is 4.72. The number of amides is 1. The Kier molecular flexibility index (Phi) is 6.42. The monoisotopic (exact) mass is 363 g/mol. The fourth-order valence-corrected chi connectivity index (χ4v) is 3.17. The maximum atomic E-state index is 13.0. The van der Waals surface area contributed by atoms with Crippen molar-refractivity contribution < 1.29 is 14.3 Å². The van der Waals surface area contributed by atoms with Gasteiger partial charge in [0.15, 0.2) is 0 Å². The summed E-state index contributed by atoms with van der Waals surface area (Å²) in [6.45, 7) is 3.45. The van der Waals surface area contributed by atoms with Crippen LogP contribution in [0.25, 0.3) is 6.08 Å². The summed E-state index contributed by atoms with van der Waals surface area (Å²) in [6.07, 6.45) is 5.31. The smallest absolute Gasteiger partial charge is 0.331 e. The van der Waals surface area contributed by atoms with E-state index in [0.717, 1.165) is 43.5 Å². The van der Waals surface area contributed by atoms with Crippen LogP contribution in [0, 0.1) is 6.92 Å². The van der Waals surface area contributed by atoms with Gasteiger partial charge >= 0.3 is 5.97 Å². The minimum Gasteiger partial charge on any atom is -0.444 e. The Hall–Kier alpha value is -2.88. The third-order valence-corrected chi connectivity index (χ3v) is 4.72. The van der Waals surface area contributed by atoms with Gasteiger partial charge in [0.2, 0.25) is 6.10 Å². The number of esters is 1. The van der Waals surface area contributed by atoms with Crippen molar-refractivity contribution in [2.75, 3.05) is 13.1 Å². The standard InChI is InChI=1S/C23H25NO3/c1-18-10-12-19(13-11-18)14-15-21(25)27-22(20-8-4-2-5-9-20)23(26)24-16-6-3-7-17-24/h2,4-5,8-15,22H,3,6-7,16-17H2,1H3/b15-14+/t22-/m0/s1. The topological polar surface area (TPSA) is 46.6 Å². The summed E-state index contributed by atoms with van der Waals surface area (Å²) >= 11 is 0. The fraction of sp³-hybridized carbons (Fsp3) is 0.304. The minimum absolute atomic E-state index is 0.141. The molecule has 140 valence electrons. The van der Waals surface area contributed by atoms with Crippen LogP contribution < -0.4 is 0 Å². The molecular weight excluding hydrogens is 338 g/mol. The number of aryl methyl sites for hydroxylation is 1. The first-order valence-electron chi connectivity index (χ1n) is 9.42. The van der Waals surface area contributed by atoms with Gasteiger partial charge in [0.1, 0.15) is 0 Å². The molecule has 2 aromatic rings. The zero-order valence-electron chi connectivity index (χ0n) is 15.6. The summed E-state index contributed by atoms with van der Waals surface area (Å²) in [5.41, 5.74) is 2.77. The van der Waals surface area contributed by atoms with E-state index >= 15 is 0 Å². The molecule has 1 atom stereocenters. The fourth-order valence-electron chi connectivity index (χ4n) is 3.17. The van der Waals surface area contributed by atoms with Gasteiger partial charge in [-0.2, -0.15) is 0 Å². The van der Waals surface area contributed by atoms with Crippen LogP contribution in [0.1, 0.15) is 42.1 Å². The second-order valence-electron chi connectivity index (χ2n) is 6.86. The van der Waals surface area contributed by atoms with Crippen molar-refractivity contribution in [2.45, 2.75) is 32.3 Å². The third kappa shape index (κ3) is 5.30. The molecule has 1 aliphatic heterocycles. The molecule has 1 fully saturated rings. The highest BCUT2D eigenvalue weighted by Crippen LogP contribution is 2.23.